The number of carboxylic acid groups (broad SMARTS) is 1. The molecule has 2 rings (SSSR count). The molecule has 1 unspecified atom stereocenters. The summed E-state index contributed by atoms with van der Waals surface area (Å²) in [5.74, 6) is -1.42. The monoisotopic (exact) mass is 279 g/mol. The van der Waals surface area contributed by atoms with Gasteiger partial charge in [0.25, 0.3) is 0 Å². The van der Waals surface area contributed by atoms with Crippen LogP contribution in [0.15, 0.2) is 24.3 Å². The Balaban J connectivity index is 2.36. The van der Waals surface area contributed by atoms with E-state index in [9.17, 15) is 9.18 Å². The Hall–Kier alpha value is -1.88. The summed E-state index contributed by atoms with van der Waals surface area (Å²) in [7, 11) is 0. The second-order valence-corrected chi connectivity index (χ2v) is 4.71. The van der Waals surface area contributed by atoms with Gasteiger partial charge < -0.3 is 14.7 Å². The van der Waals surface area contributed by atoms with Gasteiger partial charge in [-0.15, -0.1) is 0 Å². The molecule has 1 aliphatic heterocycles. The second kappa shape index (κ2) is 6.52. The Bertz CT molecular complexity index is 516. The molecular formula is C15H18FNO3. The van der Waals surface area contributed by atoms with Gasteiger partial charge in [-0.1, -0.05) is 6.92 Å². The highest BCUT2D eigenvalue weighted by atomic mass is 19.1. The highest BCUT2D eigenvalue weighted by Gasteiger charge is 2.23. The van der Waals surface area contributed by atoms with Crippen LogP contribution in [0, 0.1) is 5.82 Å². The topological polar surface area (TPSA) is 49.8 Å². The van der Waals surface area contributed by atoms with Crippen LogP contribution in [0.3, 0.4) is 0 Å². The molecule has 0 radical (unpaired) electrons. The Labute approximate surface area is 117 Å². The molecule has 1 saturated heterocycles. The number of morpholine rings is 1. The van der Waals surface area contributed by atoms with Crippen LogP contribution >= 0.6 is 0 Å². The molecule has 4 nitrogen and oxygen atoms in total. The first-order valence-corrected chi connectivity index (χ1v) is 6.66. The van der Waals surface area contributed by atoms with E-state index in [4.69, 9.17) is 9.84 Å². The zero-order chi connectivity index (χ0) is 14.5. The lowest BCUT2D eigenvalue weighted by Crippen LogP contribution is -2.45. The Morgan fingerprint density at radius 2 is 2.40 bits per heavy atom. The van der Waals surface area contributed by atoms with Crippen molar-refractivity contribution in [2.24, 2.45) is 0 Å². The van der Waals surface area contributed by atoms with E-state index in [1.54, 1.807) is 6.07 Å². The average Bonchev–Trinajstić information content (AvgIpc) is 2.45. The predicted octanol–water partition coefficient (Wildman–Crippen LogP) is 2.54. The molecular weight excluding hydrogens is 261 g/mol. The van der Waals surface area contributed by atoms with Gasteiger partial charge in [0.2, 0.25) is 0 Å². The molecule has 108 valence electrons. The van der Waals surface area contributed by atoms with Gasteiger partial charge >= 0.3 is 5.97 Å². The first-order valence-electron chi connectivity index (χ1n) is 6.66. The molecule has 1 atom stereocenters. The van der Waals surface area contributed by atoms with Crippen molar-refractivity contribution in [3.05, 3.63) is 35.7 Å². The molecule has 1 fully saturated rings. The molecule has 0 saturated carbocycles. The maximum atomic E-state index is 13.4. The van der Waals surface area contributed by atoms with E-state index < -0.39 is 5.97 Å². The number of carbonyl (C=O) groups is 1. The number of ether oxygens (including phenoxy) is 1. The van der Waals surface area contributed by atoms with Gasteiger partial charge in [-0.2, -0.15) is 0 Å². The average molecular weight is 279 g/mol. The summed E-state index contributed by atoms with van der Waals surface area (Å²) in [6.45, 7) is 4.05. The van der Waals surface area contributed by atoms with Crippen molar-refractivity contribution in [3.8, 4) is 0 Å². The van der Waals surface area contributed by atoms with Crippen LogP contribution in [0.1, 0.15) is 18.9 Å². The maximum absolute atomic E-state index is 13.4. The van der Waals surface area contributed by atoms with Gasteiger partial charge in [0.15, 0.2) is 0 Å². The molecule has 0 aliphatic carbocycles. The molecule has 5 heteroatoms. The zero-order valence-electron chi connectivity index (χ0n) is 11.4. The quantitative estimate of drug-likeness (QED) is 0.860. The van der Waals surface area contributed by atoms with Crippen molar-refractivity contribution in [2.75, 3.05) is 24.7 Å². The number of nitrogens with zero attached hydrogens (tertiary/aromatic N) is 1. The molecule has 20 heavy (non-hydrogen) atoms. The van der Waals surface area contributed by atoms with E-state index in [1.165, 1.54) is 18.2 Å². The lowest BCUT2D eigenvalue weighted by Gasteiger charge is -2.37. The number of carboxylic acids is 1. The molecule has 0 amide bonds. The number of halogens is 1. The molecule has 0 spiro atoms. The van der Waals surface area contributed by atoms with Gasteiger partial charge in [0.1, 0.15) is 5.82 Å². The fourth-order valence-corrected chi connectivity index (χ4v) is 2.39. The third kappa shape index (κ3) is 3.36. The summed E-state index contributed by atoms with van der Waals surface area (Å²) < 4.78 is 18.9. The van der Waals surface area contributed by atoms with Crippen molar-refractivity contribution in [1.82, 2.24) is 0 Å². The van der Waals surface area contributed by atoms with Crippen LogP contribution in [0.2, 0.25) is 0 Å². The van der Waals surface area contributed by atoms with Gasteiger partial charge in [-0.05, 0) is 30.7 Å². The minimum Gasteiger partial charge on any atom is -0.478 e. The first kappa shape index (κ1) is 14.5. The number of hydrogen-bond donors (Lipinski definition) is 1. The molecule has 1 aromatic carbocycles. The third-order valence-corrected chi connectivity index (χ3v) is 3.40. The standard InChI is InChI=1S/C15H18FNO3/c1-2-13-10-20-8-7-17(13)14-5-4-12(16)9-11(14)3-6-15(18)19/h3-6,9,13H,2,7-8,10H2,1H3,(H,18,19)/b6-3+. The summed E-state index contributed by atoms with van der Waals surface area (Å²) in [5, 5.41) is 8.73. The van der Waals surface area contributed by atoms with Gasteiger partial charge in [0, 0.05) is 23.9 Å². The predicted molar refractivity (Wildman–Crippen MR) is 75.3 cm³/mol. The number of aliphatic carboxylic acids is 1. The first-order chi connectivity index (χ1) is 9.61. The second-order valence-electron chi connectivity index (χ2n) is 4.71. The highest BCUT2D eigenvalue weighted by Crippen LogP contribution is 2.27. The molecule has 1 heterocycles. The minimum absolute atomic E-state index is 0.228. The van der Waals surface area contributed by atoms with Crippen molar-refractivity contribution in [3.63, 3.8) is 0 Å². The largest absolute Gasteiger partial charge is 0.478 e. The lowest BCUT2D eigenvalue weighted by atomic mass is 10.1. The van der Waals surface area contributed by atoms with Crippen molar-refractivity contribution >= 4 is 17.7 Å². The number of anilines is 1. The summed E-state index contributed by atoms with van der Waals surface area (Å²) in [6, 6.07) is 4.68. The van der Waals surface area contributed by atoms with Crippen LogP contribution < -0.4 is 4.90 Å². The van der Waals surface area contributed by atoms with E-state index in [0.29, 0.717) is 18.8 Å². The van der Waals surface area contributed by atoms with Gasteiger partial charge in [-0.3, -0.25) is 0 Å². The number of hydrogen-bond acceptors (Lipinski definition) is 3. The van der Waals surface area contributed by atoms with Gasteiger partial charge in [-0.25, -0.2) is 9.18 Å². The molecule has 0 aromatic heterocycles. The molecule has 1 N–H and O–H groups in total. The Kier molecular flexibility index (Phi) is 4.74. The maximum Gasteiger partial charge on any atom is 0.328 e. The Morgan fingerprint density at radius 3 is 3.10 bits per heavy atom. The lowest BCUT2D eigenvalue weighted by molar-refractivity contribution is -0.131. The molecule has 1 aliphatic rings. The fraction of sp³-hybridized carbons (Fsp3) is 0.400. The van der Waals surface area contributed by atoms with Crippen LogP contribution in [-0.2, 0) is 9.53 Å². The van der Waals surface area contributed by atoms with Crippen LogP contribution in [-0.4, -0.2) is 36.9 Å². The van der Waals surface area contributed by atoms with Crippen LogP contribution in [0.5, 0.6) is 0 Å². The molecule has 1 aromatic rings. The SMILES string of the molecule is CCC1COCCN1c1ccc(F)cc1/C=C/C(=O)O. The van der Waals surface area contributed by atoms with Crippen LogP contribution in [0.25, 0.3) is 6.08 Å². The zero-order valence-corrected chi connectivity index (χ0v) is 11.4. The Morgan fingerprint density at radius 1 is 1.60 bits per heavy atom. The smallest absolute Gasteiger partial charge is 0.328 e. The fourth-order valence-electron chi connectivity index (χ4n) is 2.39. The van der Waals surface area contributed by atoms with E-state index in [0.717, 1.165) is 24.7 Å². The summed E-state index contributed by atoms with van der Waals surface area (Å²) in [5.41, 5.74) is 1.42. The highest BCUT2D eigenvalue weighted by molar-refractivity contribution is 5.87. The summed E-state index contributed by atoms with van der Waals surface area (Å²) in [6.07, 6.45) is 3.38. The van der Waals surface area contributed by atoms with E-state index >= 15 is 0 Å². The van der Waals surface area contributed by atoms with E-state index in [2.05, 4.69) is 11.8 Å². The number of rotatable bonds is 4. The minimum atomic E-state index is -1.05. The third-order valence-electron chi connectivity index (χ3n) is 3.40. The van der Waals surface area contributed by atoms with Crippen LogP contribution in [0.4, 0.5) is 10.1 Å². The van der Waals surface area contributed by atoms with Crippen molar-refractivity contribution < 1.29 is 19.0 Å². The van der Waals surface area contributed by atoms with E-state index in [-0.39, 0.29) is 11.9 Å². The number of benzene rings is 1. The molecule has 0 bridgehead atoms. The van der Waals surface area contributed by atoms with Gasteiger partial charge in [0.05, 0.1) is 19.3 Å². The van der Waals surface area contributed by atoms with Crippen molar-refractivity contribution in [2.45, 2.75) is 19.4 Å². The van der Waals surface area contributed by atoms with E-state index in [1.807, 2.05) is 0 Å². The summed E-state index contributed by atoms with van der Waals surface area (Å²) >= 11 is 0. The normalized spacial score (nSPS) is 19.5. The summed E-state index contributed by atoms with van der Waals surface area (Å²) in [4.78, 5) is 12.8. The van der Waals surface area contributed by atoms with Crippen molar-refractivity contribution in [1.29, 1.82) is 0 Å².